The largest absolute Gasteiger partial charge is 0.356 e. The molecule has 3 aromatic rings. The highest BCUT2D eigenvalue weighted by Gasteiger charge is 2.22. The Labute approximate surface area is 193 Å². The molecule has 0 radical (unpaired) electrons. The summed E-state index contributed by atoms with van der Waals surface area (Å²) < 4.78 is 1.83. The van der Waals surface area contributed by atoms with Crippen LogP contribution in [0.4, 0.5) is 5.82 Å². The van der Waals surface area contributed by atoms with Crippen molar-refractivity contribution in [2.75, 3.05) is 18.0 Å². The van der Waals surface area contributed by atoms with Crippen LogP contribution in [0.3, 0.4) is 0 Å². The van der Waals surface area contributed by atoms with Gasteiger partial charge in [-0.15, -0.1) is 0 Å². The number of carbonyl (C=O) groups is 1. The highest BCUT2D eigenvalue weighted by molar-refractivity contribution is 5.97. The van der Waals surface area contributed by atoms with Gasteiger partial charge in [-0.3, -0.25) is 14.2 Å². The maximum Gasteiger partial charge on any atom is 0.261 e. The predicted octanol–water partition coefficient (Wildman–Crippen LogP) is 3.62. The van der Waals surface area contributed by atoms with Gasteiger partial charge in [0.1, 0.15) is 11.6 Å². The molecule has 172 valence electrons. The quantitative estimate of drug-likeness (QED) is 0.666. The van der Waals surface area contributed by atoms with Gasteiger partial charge in [0.2, 0.25) is 0 Å². The molecule has 7 nitrogen and oxygen atoms in total. The molecule has 0 bridgehead atoms. The van der Waals surface area contributed by atoms with Gasteiger partial charge in [-0.1, -0.05) is 18.9 Å². The Hall–Kier alpha value is -3.22. The van der Waals surface area contributed by atoms with Crippen LogP contribution < -0.4 is 15.8 Å². The summed E-state index contributed by atoms with van der Waals surface area (Å²) in [7, 11) is 0. The minimum atomic E-state index is -0.0994. The van der Waals surface area contributed by atoms with E-state index < -0.39 is 0 Å². The van der Waals surface area contributed by atoms with Gasteiger partial charge in [0.05, 0.1) is 10.9 Å². The van der Waals surface area contributed by atoms with Gasteiger partial charge < -0.3 is 10.2 Å². The molecule has 7 heteroatoms. The van der Waals surface area contributed by atoms with E-state index in [9.17, 15) is 9.59 Å². The Morgan fingerprint density at radius 1 is 1.00 bits per heavy atom. The number of pyridine rings is 1. The molecule has 0 saturated carbocycles. The van der Waals surface area contributed by atoms with Gasteiger partial charge in [0.15, 0.2) is 0 Å². The van der Waals surface area contributed by atoms with Crippen LogP contribution in [0.2, 0.25) is 0 Å². The lowest BCUT2D eigenvalue weighted by atomic mass is 10.0. The van der Waals surface area contributed by atoms with Crippen molar-refractivity contribution in [3.63, 3.8) is 0 Å². The molecule has 2 aliphatic heterocycles. The zero-order valence-electron chi connectivity index (χ0n) is 19.2. The number of amides is 1. The number of fused-ring (bicyclic) bond motifs is 2. The number of hydrogen-bond donors (Lipinski definition) is 1. The van der Waals surface area contributed by atoms with Crippen molar-refractivity contribution in [2.45, 2.75) is 64.5 Å². The Morgan fingerprint density at radius 2 is 1.82 bits per heavy atom. The van der Waals surface area contributed by atoms with Gasteiger partial charge in [-0.05, 0) is 62.9 Å². The van der Waals surface area contributed by atoms with E-state index in [1.165, 1.54) is 6.42 Å². The number of hydrogen-bond acceptors (Lipinski definition) is 5. The average Bonchev–Trinajstić information content (AvgIpc) is 2.80. The summed E-state index contributed by atoms with van der Waals surface area (Å²) in [6.45, 7) is 4.46. The number of nitrogens with one attached hydrogen (secondary N) is 1. The monoisotopic (exact) mass is 445 g/mol. The molecular formula is C26H31N5O2. The van der Waals surface area contributed by atoms with E-state index >= 15 is 0 Å². The molecule has 2 aromatic heterocycles. The third-order valence-corrected chi connectivity index (χ3v) is 6.86. The lowest BCUT2D eigenvalue weighted by molar-refractivity contribution is 0.0931. The normalized spacial score (nSPS) is 17.3. The molecule has 0 aliphatic carbocycles. The van der Waals surface area contributed by atoms with Gasteiger partial charge in [-0.2, -0.15) is 0 Å². The van der Waals surface area contributed by atoms with Crippen LogP contribution >= 0.6 is 0 Å². The lowest BCUT2D eigenvalue weighted by Gasteiger charge is -2.33. The number of piperidine rings is 1. The first-order chi connectivity index (χ1) is 16.1. The van der Waals surface area contributed by atoms with Crippen molar-refractivity contribution in [1.82, 2.24) is 19.9 Å². The van der Waals surface area contributed by atoms with E-state index in [-0.39, 0.29) is 17.5 Å². The predicted molar refractivity (Wildman–Crippen MR) is 130 cm³/mol. The smallest absolute Gasteiger partial charge is 0.261 e. The summed E-state index contributed by atoms with van der Waals surface area (Å²) in [6, 6.07) is 11.5. The Morgan fingerprint density at radius 3 is 2.64 bits per heavy atom. The second kappa shape index (κ2) is 9.33. The van der Waals surface area contributed by atoms with Crippen molar-refractivity contribution in [1.29, 1.82) is 0 Å². The number of nitrogens with zero attached hydrogens (tertiary/aromatic N) is 4. The molecule has 1 N–H and O–H groups in total. The summed E-state index contributed by atoms with van der Waals surface area (Å²) in [5, 5.41) is 3.77. The molecule has 0 unspecified atom stereocenters. The summed E-state index contributed by atoms with van der Waals surface area (Å²) in [6.07, 6.45) is 6.97. The molecule has 1 amide bonds. The first kappa shape index (κ1) is 21.6. The topological polar surface area (TPSA) is 80.1 Å². The molecule has 1 saturated heterocycles. The average molecular weight is 446 g/mol. The Bertz CT molecular complexity index is 1230. The molecule has 2 aliphatic rings. The van der Waals surface area contributed by atoms with Gasteiger partial charge >= 0.3 is 0 Å². The van der Waals surface area contributed by atoms with Crippen LogP contribution in [0.25, 0.3) is 10.9 Å². The van der Waals surface area contributed by atoms with Crippen LogP contribution in [-0.4, -0.2) is 39.6 Å². The maximum absolute atomic E-state index is 13.0. The van der Waals surface area contributed by atoms with Crippen LogP contribution in [0, 0.1) is 6.92 Å². The summed E-state index contributed by atoms with van der Waals surface area (Å²) in [5.41, 5.74) is 2.22. The highest BCUT2D eigenvalue weighted by atomic mass is 16.1. The zero-order chi connectivity index (χ0) is 22.8. The van der Waals surface area contributed by atoms with E-state index in [4.69, 9.17) is 4.98 Å². The van der Waals surface area contributed by atoms with Crippen molar-refractivity contribution >= 4 is 22.6 Å². The van der Waals surface area contributed by atoms with Crippen molar-refractivity contribution < 1.29 is 4.79 Å². The number of anilines is 1. The van der Waals surface area contributed by atoms with Gasteiger partial charge in [0, 0.05) is 43.4 Å². The first-order valence-electron chi connectivity index (χ1n) is 12.1. The van der Waals surface area contributed by atoms with E-state index in [0.717, 1.165) is 75.5 Å². The Kier molecular flexibility index (Phi) is 6.11. The molecule has 0 spiro atoms. The summed E-state index contributed by atoms with van der Waals surface area (Å²) >= 11 is 0. The van der Waals surface area contributed by atoms with Crippen molar-refractivity contribution in [2.24, 2.45) is 0 Å². The standard InChI is InChI=1S/C26H31N5O2/c1-18-7-6-9-23(27-18)30-15-12-20(13-16-30)28-25(32)19-10-11-21-22(17-19)29-24-8-4-2-3-5-14-31(24)26(21)33/h6-7,9-11,17,20H,2-5,8,12-16H2,1H3,(H,28,32). The molecule has 4 heterocycles. The third kappa shape index (κ3) is 4.63. The fraction of sp³-hybridized carbons (Fsp3) is 0.462. The van der Waals surface area contributed by atoms with E-state index in [2.05, 4.69) is 15.2 Å². The number of aromatic nitrogens is 3. The van der Waals surface area contributed by atoms with E-state index in [1.807, 2.05) is 29.7 Å². The zero-order valence-corrected chi connectivity index (χ0v) is 19.2. The van der Waals surface area contributed by atoms with Crippen LogP contribution in [0.1, 0.15) is 60.4 Å². The Balaban J connectivity index is 1.29. The van der Waals surface area contributed by atoms with Crippen LogP contribution in [0.15, 0.2) is 41.2 Å². The molecule has 33 heavy (non-hydrogen) atoms. The molecule has 1 aromatic carbocycles. The number of benzene rings is 1. The van der Waals surface area contributed by atoms with Crippen LogP contribution in [0.5, 0.6) is 0 Å². The maximum atomic E-state index is 13.0. The minimum absolute atomic E-state index is 0.0148. The van der Waals surface area contributed by atoms with Gasteiger partial charge in [-0.25, -0.2) is 9.97 Å². The molecule has 5 rings (SSSR count). The third-order valence-electron chi connectivity index (χ3n) is 6.86. The number of rotatable bonds is 3. The van der Waals surface area contributed by atoms with Gasteiger partial charge in [0.25, 0.3) is 11.5 Å². The second-order valence-corrected chi connectivity index (χ2v) is 9.25. The van der Waals surface area contributed by atoms with E-state index in [1.54, 1.807) is 18.2 Å². The summed E-state index contributed by atoms with van der Waals surface area (Å²) in [4.78, 5) is 37.7. The summed E-state index contributed by atoms with van der Waals surface area (Å²) in [5.74, 6) is 1.75. The second-order valence-electron chi connectivity index (χ2n) is 9.25. The lowest BCUT2D eigenvalue weighted by Crippen LogP contribution is -2.45. The first-order valence-corrected chi connectivity index (χ1v) is 12.1. The molecule has 1 fully saturated rings. The van der Waals surface area contributed by atoms with Crippen molar-refractivity contribution in [3.8, 4) is 0 Å². The molecule has 0 atom stereocenters. The SMILES string of the molecule is Cc1cccc(N2CCC(NC(=O)c3ccc4c(=O)n5c(nc4c3)CCCCCC5)CC2)n1. The fourth-order valence-electron chi connectivity index (χ4n) is 4.96. The molecular weight excluding hydrogens is 414 g/mol. The minimum Gasteiger partial charge on any atom is -0.356 e. The van der Waals surface area contributed by atoms with E-state index in [0.29, 0.717) is 16.5 Å². The van der Waals surface area contributed by atoms with Crippen molar-refractivity contribution in [3.05, 3.63) is 63.8 Å². The number of aryl methyl sites for hydroxylation is 2. The number of carbonyl (C=O) groups excluding carboxylic acids is 1. The fourth-order valence-corrected chi connectivity index (χ4v) is 4.96. The highest BCUT2D eigenvalue weighted by Crippen LogP contribution is 2.20. The van der Waals surface area contributed by atoms with Crippen LogP contribution in [-0.2, 0) is 13.0 Å².